The van der Waals surface area contributed by atoms with Gasteiger partial charge in [-0.2, -0.15) is 0 Å². The van der Waals surface area contributed by atoms with E-state index in [1.54, 1.807) is 0 Å². The van der Waals surface area contributed by atoms with E-state index >= 15 is 0 Å². The summed E-state index contributed by atoms with van der Waals surface area (Å²) in [4.78, 5) is 0. The molecule has 1 heterocycles. The Kier molecular flexibility index (Phi) is 3.44. The van der Waals surface area contributed by atoms with Crippen LogP contribution >= 0.6 is 15.9 Å². The quantitative estimate of drug-likeness (QED) is 0.838. The van der Waals surface area contributed by atoms with E-state index in [0.29, 0.717) is 26.1 Å². The van der Waals surface area contributed by atoms with Crippen molar-refractivity contribution in [3.63, 3.8) is 0 Å². The van der Waals surface area contributed by atoms with Crippen LogP contribution in [0.2, 0.25) is 0 Å². The molecule has 82 valence electrons. The van der Waals surface area contributed by atoms with Crippen LogP contribution in [0, 0.1) is 0 Å². The van der Waals surface area contributed by atoms with Crippen molar-refractivity contribution in [3.8, 4) is 0 Å². The Morgan fingerprint density at radius 2 is 2.07 bits per heavy atom. The van der Waals surface area contributed by atoms with Gasteiger partial charge in [0.15, 0.2) is 0 Å². The molecule has 0 atom stereocenters. The predicted molar refractivity (Wildman–Crippen MR) is 63.0 cm³/mol. The third-order valence-corrected chi connectivity index (χ3v) is 3.59. The lowest BCUT2D eigenvalue weighted by Crippen LogP contribution is -2.33. The lowest BCUT2D eigenvalue weighted by Gasteiger charge is -2.32. The lowest BCUT2D eigenvalue weighted by atomic mass is 9.86. The van der Waals surface area contributed by atoms with Crippen LogP contribution in [-0.2, 0) is 15.7 Å². The molecule has 1 saturated heterocycles. The van der Waals surface area contributed by atoms with E-state index in [2.05, 4.69) is 28.1 Å². The molecule has 0 saturated carbocycles. The van der Waals surface area contributed by atoms with E-state index in [1.165, 1.54) is 5.56 Å². The Balaban J connectivity index is 2.26. The number of benzene rings is 1. The molecule has 0 aliphatic carbocycles. The average Bonchev–Trinajstić information content (AvgIpc) is 2.30. The largest absolute Gasteiger partial charge is 0.385 e. The van der Waals surface area contributed by atoms with Crippen LogP contribution < -0.4 is 0 Å². The zero-order valence-electron chi connectivity index (χ0n) is 8.58. The van der Waals surface area contributed by atoms with Crippen molar-refractivity contribution in [2.75, 3.05) is 13.2 Å². The maximum absolute atomic E-state index is 10.5. The summed E-state index contributed by atoms with van der Waals surface area (Å²) in [6, 6.07) is 8.12. The van der Waals surface area contributed by atoms with E-state index in [0.717, 1.165) is 10.9 Å². The molecule has 1 fully saturated rings. The molecule has 2 rings (SSSR count). The first-order chi connectivity index (χ1) is 7.24. The number of halogens is 1. The van der Waals surface area contributed by atoms with E-state index in [-0.39, 0.29) is 0 Å². The molecule has 15 heavy (non-hydrogen) atoms. The molecule has 3 heteroatoms. The summed E-state index contributed by atoms with van der Waals surface area (Å²) >= 11 is 3.43. The fraction of sp³-hybridized carbons (Fsp3) is 0.500. The first kappa shape index (κ1) is 11.1. The summed E-state index contributed by atoms with van der Waals surface area (Å²) in [5, 5.41) is 11.3. The van der Waals surface area contributed by atoms with Gasteiger partial charge in [-0.1, -0.05) is 40.2 Å². The second-order valence-electron chi connectivity index (χ2n) is 3.98. The van der Waals surface area contributed by atoms with Crippen LogP contribution in [-0.4, -0.2) is 18.3 Å². The van der Waals surface area contributed by atoms with E-state index in [1.807, 2.05) is 12.1 Å². The molecular formula is C12H15BrO2. The minimum Gasteiger partial charge on any atom is -0.385 e. The topological polar surface area (TPSA) is 29.5 Å². The Morgan fingerprint density at radius 3 is 2.73 bits per heavy atom. The van der Waals surface area contributed by atoms with Gasteiger partial charge in [0.1, 0.15) is 0 Å². The summed E-state index contributed by atoms with van der Waals surface area (Å²) in [6.07, 6.45) is 1.39. The molecule has 1 aliphatic rings. The van der Waals surface area contributed by atoms with Gasteiger partial charge in [0.2, 0.25) is 0 Å². The van der Waals surface area contributed by atoms with Crippen molar-refractivity contribution in [3.05, 3.63) is 35.4 Å². The third kappa shape index (κ3) is 2.41. The minimum absolute atomic E-state index is 0.648. The summed E-state index contributed by atoms with van der Waals surface area (Å²) in [5.41, 5.74) is 1.53. The Morgan fingerprint density at radius 1 is 1.33 bits per heavy atom. The molecule has 1 aromatic rings. The van der Waals surface area contributed by atoms with Crippen LogP contribution in [0.5, 0.6) is 0 Å². The summed E-state index contributed by atoms with van der Waals surface area (Å²) in [7, 11) is 0. The minimum atomic E-state index is -0.684. The van der Waals surface area contributed by atoms with Gasteiger partial charge in [0.05, 0.1) is 5.60 Å². The standard InChI is InChI=1S/C12H15BrO2/c13-9-10-2-1-3-11(8-10)12(14)4-6-15-7-5-12/h1-3,8,14H,4-7,9H2. The number of ether oxygens (including phenoxy) is 1. The van der Waals surface area contributed by atoms with Crippen LogP contribution in [0.3, 0.4) is 0 Å². The van der Waals surface area contributed by atoms with Gasteiger partial charge in [-0.05, 0) is 11.1 Å². The number of rotatable bonds is 2. The van der Waals surface area contributed by atoms with Gasteiger partial charge in [-0.15, -0.1) is 0 Å². The Bertz CT molecular complexity index is 332. The highest BCUT2D eigenvalue weighted by Gasteiger charge is 2.31. The maximum Gasteiger partial charge on any atom is 0.0940 e. The molecule has 2 nitrogen and oxygen atoms in total. The number of aliphatic hydroxyl groups is 1. The average molecular weight is 271 g/mol. The second-order valence-corrected chi connectivity index (χ2v) is 4.54. The first-order valence-electron chi connectivity index (χ1n) is 5.20. The Labute approximate surface area is 98.4 Å². The monoisotopic (exact) mass is 270 g/mol. The van der Waals surface area contributed by atoms with Crippen molar-refractivity contribution in [1.29, 1.82) is 0 Å². The second kappa shape index (κ2) is 4.64. The molecule has 0 radical (unpaired) electrons. The van der Waals surface area contributed by atoms with Gasteiger partial charge < -0.3 is 9.84 Å². The zero-order valence-corrected chi connectivity index (χ0v) is 10.2. The fourth-order valence-electron chi connectivity index (χ4n) is 1.94. The Hall–Kier alpha value is -0.380. The number of hydrogen-bond acceptors (Lipinski definition) is 2. The van der Waals surface area contributed by atoms with Crippen molar-refractivity contribution in [1.82, 2.24) is 0 Å². The number of hydrogen-bond donors (Lipinski definition) is 1. The summed E-state index contributed by atoms with van der Waals surface area (Å²) < 4.78 is 5.27. The van der Waals surface area contributed by atoms with Crippen LogP contribution in [0.4, 0.5) is 0 Å². The van der Waals surface area contributed by atoms with Crippen molar-refractivity contribution >= 4 is 15.9 Å². The smallest absolute Gasteiger partial charge is 0.0940 e. The highest BCUT2D eigenvalue weighted by Crippen LogP contribution is 2.32. The van der Waals surface area contributed by atoms with E-state index < -0.39 is 5.60 Å². The van der Waals surface area contributed by atoms with Gasteiger partial charge in [-0.3, -0.25) is 0 Å². The van der Waals surface area contributed by atoms with E-state index in [9.17, 15) is 5.11 Å². The fourth-order valence-corrected chi connectivity index (χ4v) is 2.29. The molecule has 0 amide bonds. The molecule has 0 bridgehead atoms. The van der Waals surface area contributed by atoms with E-state index in [4.69, 9.17) is 4.74 Å². The van der Waals surface area contributed by atoms with Gasteiger partial charge in [-0.25, -0.2) is 0 Å². The lowest BCUT2D eigenvalue weighted by molar-refractivity contribution is -0.0679. The molecule has 1 N–H and O–H groups in total. The van der Waals surface area contributed by atoms with Gasteiger partial charge >= 0.3 is 0 Å². The van der Waals surface area contributed by atoms with Crippen LogP contribution in [0.25, 0.3) is 0 Å². The van der Waals surface area contributed by atoms with Crippen molar-refractivity contribution < 1.29 is 9.84 Å². The summed E-state index contributed by atoms with van der Waals surface area (Å²) in [6.45, 7) is 1.30. The highest BCUT2D eigenvalue weighted by atomic mass is 79.9. The molecular weight excluding hydrogens is 256 g/mol. The van der Waals surface area contributed by atoms with Gasteiger partial charge in [0.25, 0.3) is 0 Å². The maximum atomic E-state index is 10.5. The number of alkyl halides is 1. The molecule has 0 spiro atoms. The van der Waals surface area contributed by atoms with Crippen LogP contribution in [0.15, 0.2) is 24.3 Å². The SMILES string of the molecule is OC1(c2cccc(CBr)c2)CCOCC1. The van der Waals surface area contributed by atoms with Crippen molar-refractivity contribution in [2.24, 2.45) is 0 Å². The third-order valence-electron chi connectivity index (χ3n) is 2.94. The zero-order chi connectivity index (χ0) is 10.7. The van der Waals surface area contributed by atoms with Crippen LogP contribution in [0.1, 0.15) is 24.0 Å². The molecule has 1 aliphatic heterocycles. The summed E-state index contributed by atoms with van der Waals surface area (Å²) in [5.74, 6) is 0. The van der Waals surface area contributed by atoms with Crippen molar-refractivity contribution in [2.45, 2.75) is 23.8 Å². The molecule has 0 aromatic heterocycles. The normalized spacial score (nSPS) is 20.1. The predicted octanol–water partition coefficient (Wildman–Crippen LogP) is 2.58. The molecule has 1 aromatic carbocycles. The first-order valence-corrected chi connectivity index (χ1v) is 6.32. The molecule has 0 unspecified atom stereocenters. The van der Waals surface area contributed by atoms with Gasteiger partial charge in [0, 0.05) is 31.4 Å². The highest BCUT2D eigenvalue weighted by molar-refractivity contribution is 9.08.